The summed E-state index contributed by atoms with van der Waals surface area (Å²) in [6.07, 6.45) is 6.29. The zero-order valence-electron chi connectivity index (χ0n) is 11.1. The number of amides is 1. The normalized spacial score (nSPS) is 25.7. The van der Waals surface area contributed by atoms with Gasteiger partial charge in [0.15, 0.2) is 0 Å². The third-order valence-electron chi connectivity index (χ3n) is 4.06. The summed E-state index contributed by atoms with van der Waals surface area (Å²) in [6.45, 7) is 4.63. The van der Waals surface area contributed by atoms with Crippen molar-refractivity contribution in [3.05, 3.63) is 0 Å². The molecule has 0 N–H and O–H groups in total. The highest BCUT2D eigenvalue weighted by Crippen LogP contribution is 2.21. The Bertz CT molecular complexity index is 317. The van der Waals surface area contributed by atoms with E-state index in [4.69, 9.17) is 5.26 Å². The molecule has 2 aliphatic rings. The minimum atomic E-state index is 0.176. The van der Waals surface area contributed by atoms with Crippen molar-refractivity contribution in [1.29, 1.82) is 5.26 Å². The second-order valence-electron chi connectivity index (χ2n) is 5.43. The first-order valence-electron chi connectivity index (χ1n) is 7.19. The topological polar surface area (TPSA) is 47.3 Å². The van der Waals surface area contributed by atoms with E-state index in [-0.39, 0.29) is 5.92 Å². The molecule has 2 aliphatic heterocycles. The summed E-state index contributed by atoms with van der Waals surface area (Å²) in [5.41, 5.74) is 0. The van der Waals surface area contributed by atoms with E-state index in [1.807, 2.05) is 0 Å². The number of nitrogens with zero attached hydrogens (tertiary/aromatic N) is 3. The van der Waals surface area contributed by atoms with E-state index in [9.17, 15) is 4.79 Å². The molecule has 0 aromatic rings. The molecule has 0 radical (unpaired) electrons. The van der Waals surface area contributed by atoms with Gasteiger partial charge in [-0.2, -0.15) is 5.26 Å². The molecule has 100 valence electrons. The Balaban J connectivity index is 1.83. The Morgan fingerprint density at radius 3 is 2.67 bits per heavy atom. The van der Waals surface area contributed by atoms with Gasteiger partial charge in [-0.05, 0) is 38.6 Å². The van der Waals surface area contributed by atoms with Gasteiger partial charge >= 0.3 is 0 Å². The predicted octanol–water partition coefficient (Wildman–Crippen LogP) is 1.62. The van der Waals surface area contributed by atoms with Gasteiger partial charge < -0.3 is 9.80 Å². The molecule has 4 heteroatoms. The van der Waals surface area contributed by atoms with Crippen molar-refractivity contribution in [2.45, 2.75) is 38.5 Å². The quantitative estimate of drug-likeness (QED) is 0.763. The third kappa shape index (κ3) is 3.46. The summed E-state index contributed by atoms with van der Waals surface area (Å²) in [7, 11) is 0. The maximum atomic E-state index is 12.4. The van der Waals surface area contributed by atoms with E-state index in [0.717, 1.165) is 58.4 Å². The highest BCUT2D eigenvalue weighted by molar-refractivity contribution is 5.79. The molecule has 0 aromatic carbocycles. The van der Waals surface area contributed by atoms with Gasteiger partial charge in [0.1, 0.15) is 0 Å². The number of rotatable bonds is 3. The summed E-state index contributed by atoms with van der Waals surface area (Å²) in [6, 6.07) is 2.19. The molecule has 2 heterocycles. The van der Waals surface area contributed by atoms with Crippen molar-refractivity contribution in [2.75, 3.05) is 32.7 Å². The fourth-order valence-electron chi connectivity index (χ4n) is 3.04. The monoisotopic (exact) mass is 249 g/mol. The largest absolute Gasteiger partial charge is 0.342 e. The van der Waals surface area contributed by atoms with Crippen LogP contribution in [0.5, 0.6) is 0 Å². The van der Waals surface area contributed by atoms with E-state index in [0.29, 0.717) is 12.3 Å². The summed E-state index contributed by atoms with van der Waals surface area (Å²) in [4.78, 5) is 16.7. The van der Waals surface area contributed by atoms with Crippen molar-refractivity contribution >= 4 is 5.91 Å². The Morgan fingerprint density at radius 1 is 1.17 bits per heavy atom. The molecule has 1 amide bonds. The maximum absolute atomic E-state index is 12.4. The second kappa shape index (κ2) is 6.75. The predicted molar refractivity (Wildman–Crippen MR) is 69.8 cm³/mol. The standard InChI is InChI=1S/C14H23N3O/c15-7-5-9-16-8-4-6-13(12-16)14(18)17-10-2-1-3-11-17/h13H,1-6,8-12H2. The molecule has 1 unspecified atom stereocenters. The lowest BCUT2D eigenvalue weighted by Gasteiger charge is -2.36. The number of piperidine rings is 2. The highest BCUT2D eigenvalue weighted by Gasteiger charge is 2.29. The Hall–Kier alpha value is -1.08. The van der Waals surface area contributed by atoms with Crippen molar-refractivity contribution in [2.24, 2.45) is 5.92 Å². The van der Waals surface area contributed by atoms with Crippen LogP contribution in [0.2, 0.25) is 0 Å². The molecule has 2 saturated heterocycles. The molecule has 1 atom stereocenters. The van der Waals surface area contributed by atoms with Gasteiger partial charge in [0.05, 0.1) is 12.0 Å². The van der Waals surface area contributed by atoms with Crippen LogP contribution < -0.4 is 0 Å². The summed E-state index contributed by atoms with van der Waals surface area (Å²) in [5.74, 6) is 0.534. The van der Waals surface area contributed by atoms with Crippen LogP contribution in [0.4, 0.5) is 0 Å². The maximum Gasteiger partial charge on any atom is 0.226 e. The van der Waals surface area contributed by atoms with Gasteiger partial charge in [-0.15, -0.1) is 0 Å². The van der Waals surface area contributed by atoms with Gasteiger partial charge in [0.25, 0.3) is 0 Å². The summed E-state index contributed by atoms with van der Waals surface area (Å²) < 4.78 is 0. The van der Waals surface area contributed by atoms with Gasteiger partial charge in [-0.3, -0.25) is 4.79 Å². The fraction of sp³-hybridized carbons (Fsp3) is 0.857. The zero-order valence-corrected chi connectivity index (χ0v) is 11.1. The number of carbonyl (C=O) groups excluding carboxylic acids is 1. The molecular weight excluding hydrogens is 226 g/mol. The molecular formula is C14H23N3O. The van der Waals surface area contributed by atoms with Crippen molar-refractivity contribution < 1.29 is 4.79 Å². The Labute approximate surface area is 110 Å². The minimum Gasteiger partial charge on any atom is -0.342 e. The lowest BCUT2D eigenvalue weighted by molar-refractivity contribution is -0.138. The lowest BCUT2D eigenvalue weighted by atomic mass is 9.95. The Kier molecular flexibility index (Phi) is 5.00. The molecule has 0 aliphatic carbocycles. The first-order chi connectivity index (χ1) is 8.81. The van der Waals surface area contributed by atoms with Gasteiger partial charge in [-0.1, -0.05) is 0 Å². The van der Waals surface area contributed by atoms with Gasteiger partial charge in [0, 0.05) is 32.6 Å². The van der Waals surface area contributed by atoms with E-state index >= 15 is 0 Å². The minimum absolute atomic E-state index is 0.176. The molecule has 0 spiro atoms. The van der Waals surface area contributed by atoms with Crippen LogP contribution >= 0.6 is 0 Å². The average Bonchev–Trinajstić information content (AvgIpc) is 2.45. The molecule has 0 aromatic heterocycles. The van der Waals surface area contributed by atoms with Crippen LogP contribution in [0, 0.1) is 17.2 Å². The van der Waals surface area contributed by atoms with Gasteiger partial charge in [0.2, 0.25) is 5.91 Å². The number of carbonyl (C=O) groups is 1. The smallest absolute Gasteiger partial charge is 0.226 e. The van der Waals surface area contributed by atoms with Crippen molar-refractivity contribution in [1.82, 2.24) is 9.80 Å². The average molecular weight is 249 g/mol. The van der Waals surface area contributed by atoms with Crippen molar-refractivity contribution in [3.8, 4) is 6.07 Å². The van der Waals surface area contributed by atoms with Crippen LogP contribution in [-0.4, -0.2) is 48.4 Å². The lowest BCUT2D eigenvalue weighted by Crippen LogP contribution is -2.46. The van der Waals surface area contributed by atoms with E-state index in [2.05, 4.69) is 15.9 Å². The first-order valence-corrected chi connectivity index (χ1v) is 7.19. The zero-order chi connectivity index (χ0) is 12.8. The molecule has 18 heavy (non-hydrogen) atoms. The van der Waals surface area contributed by atoms with Crippen LogP contribution in [0.1, 0.15) is 38.5 Å². The number of hydrogen-bond acceptors (Lipinski definition) is 3. The number of hydrogen-bond donors (Lipinski definition) is 0. The van der Waals surface area contributed by atoms with Crippen molar-refractivity contribution in [3.63, 3.8) is 0 Å². The molecule has 2 rings (SSSR count). The van der Waals surface area contributed by atoms with E-state index < -0.39 is 0 Å². The first kappa shape index (κ1) is 13.4. The summed E-state index contributed by atoms with van der Waals surface area (Å²) >= 11 is 0. The van der Waals surface area contributed by atoms with E-state index in [1.54, 1.807) is 0 Å². The second-order valence-corrected chi connectivity index (χ2v) is 5.43. The third-order valence-corrected chi connectivity index (χ3v) is 4.06. The Morgan fingerprint density at radius 2 is 1.94 bits per heavy atom. The van der Waals surface area contributed by atoms with Crippen LogP contribution in [0.25, 0.3) is 0 Å². The molecule has 2 fully saturated rings. The fourth-order valence-corrected chi connectivity index (χ4v) is 3.04. The SMILES string of the molecule is N#CCCN1CCCC(C(=O)N2CCCCC2)C1. The molecule has 0 saturated carbocycles. The molecule has 4 nitrogen and oxygen atoms in total. The number of likely N-dealkylation sites (tertiary alicyclic amines) is 2. The summed E-state index contributed by atoms with van der Waals surface area (Å²) in [5, 5.41) is 8.62. The van der Waals surface area contributed by atoms with Crippen LogP contribution in [0.3, 0.4) is 0 Å². The highest BCUT2D eigenvalue weighted by atomic mass is 16.2. The van der Waals surface area contributed by atoms with Crippen LogP contribution in [-0.2, 0) is 4.79 Å². The van der Waals surface area contributed by atoms with Gasteiger partial charge in [-0.25, -0.2) is 0 Å². The molecule has 0 bridgehead atoms. The van der Waals surface area contributed by atoms with Crippen LogP contribution in [0.15, 0.2) is 0 Å². The number of nitriles is 1. The van der Waals surface area contributed by atoms with E-state index in [1.165, 1.54) is 6.42 Å².